The molecule has 0 aromatic heterocycles. The van der Waals surface area contributed by atoms with E-state index in [-0.39, 0.29) is 18.1 Å². The van der Waals surface area contributed by atoms with Crippen molar-refractivity contribution in [2.45, 2.75) is 26.4 Å². The maximum absolute atomic E-state index is 13.3. The topological polar surface area (TPSA) is 96.0 Å². The molecule has 0 radical (unpaired) electrons. The van der Waals surface area contributed by atoms with Crippen LogP contribution < -0.4 is 14.4 Å². The Balaban J connectivity index is 2.41. The van der Waals surface area contributed by atoms with Gasteiger partial charge in [-0.25, -0.2) is 8.42 Å². The van der Waals surface area contributed by atoms with E-state index in [9.17, 15) is 18.0 Å². The van der Waals surface area contributed by atoms with E-state index in [1.54, 1.807) is 31.2 Å². The predicted molar refractivity (Wildman–Crippen MR) is 120 cm³/mol. The largest absolute Gasteiger partial charge is 0.495 e. The molecule has 0 saturated heterocycles. The van der Waals surface area contributed by atoms with Crippen molar-refractivity contribution in [1.29, 1.82) is 0 Å². The summed E-state index contributed by atoms with van der Waals surface area (Å²) in [4.78, 5) is 27.0. The molecule has 0 saturated carbocycles. The molecule has 1 N–H and O–H groups in total. The zero-order valence-corrected chi connectivity index (χ0v) is 19.3. The molecule has 0 heterocycles. The Morgan fingerprint density at radius 3 is 2.26 bits per heavy atom. The highest BCUT2D eigenvalue weighted by Crippen LogP contribution is 2.29. The smallest absolute Gasteiger partial charge is 0.244 e. The van der Waals surface area contributed by atoms with Crippen molar-refractivity contribution in [2.24, 2.45) is 0 Å². The maximum atomic E-state index is 13.3. The summed E-state index contributed by atoms with van der Waals surface area (Å²) in [7, 11) is -0.884. The zero-order chi connectivity index (χ0) is 23.2. The van der Waals surface area contributed by atoms with Crippen molar-refractivity contribution in [2.75, 3.05) is 31.3 Å². The normalized spacial score (nSPS) is 12.0. The lowest BCUT2D eigenvalue weighted by molar-refractivity contribution is -0.139. The fourth-order valence-corrected chi connectivity index (χ4v) is 3.97. The quantitative estimate of drug-likeness (QED) is 0.634. The van der Waals surface area contributed by atoms with Gasteiger partial charge in [0.2, 0.25) is 21.8 Å². The predicted octanol–water partition coefficient (Wildman–Crippen LogP) is 1.93. The van der Waals surface area contributed by atoms with Gasteiger partial charge in [0.1, 0.15) is 18.3 Å². The van der Waals surface area contributed by atoms with Crippen molar-refractivity contribution >= 4 is 27.5 Å². The van der Waals surface area contributed by atoms with Gasteiger partial charge >= 0.3 is 0 Å². The SMILES string of the molecule is CNC(=O)[C@@H](C)N(Cc1ccc(C)cc1)C(=O)CN(c1ccccc1OC)S(C)(=O)=O. The Morgan fingerprint density at radius 1 is 1.10 bits per heavy atom. The summed E-state index contributed by atoms with van der Waals surface area (Å²) < 4.78 is 31.3. The van der Waals surface area contributed by atoms with Gasteiger partial charge in [-0.05, 0) is 31.5 Å². The molecule has 8 nitrogen and oxygen atoms in total. The summed E-state index contributed by atoms with van der Waals surface area (Å²) in [5.41, 5.74) is 2.15. The second-order valence-corrected chi connectivity index (χ2v) is 9.15. The first kappa shape index (κ1) is 24.2. The number of hydrogen-bond donors (Lipinski definition) is 1. The van der Waals surface area contributed by atoms with Crippen LogP contribution in [0.15, 0.2) is 48.5 Å². The lowest BCUT2D eigenvalue weighted by atomic mass is 10.1. The molecule has 0 aliphatic rings. The number of ether oxygens (including phenoxy) is 1. The number of rotatable bonds is 9. The molecule has 1 atom stereocenters. The molecule has 2 rings (SSSR count). The molecule has 168 valence electrons. The lowest BCUT2D eigenvalue weighted by Gasteiger charge is -2.31. The molecule has 2 amide bonds. The average molecular weight is 448 g/mol. The second-order valence-electron chi connectivity index (χ2n) is 7.24. The first-order valence-electron chi connectivity index (χ1n) is 9.75. The fraction of sp³-hybridized carbons (Fsp3) is 0.364. The van der Waals surface area contributed by atoms with E-state index in [4.69, 9.17) is 4.74 Å². The number of amides is 2. The lowest BCUT2D eigenvalue weighted by Crippen LogP contribution is -2.50. The average Bonchev–Trinajstić information content (AvgIpc) is 2.75. The minimum atomic E-state index is -3.80. The Labute approximate surface area is 183 Å². The molecule has 0 unspecified atom stereocenters. The van der Waals surface area contributed by atoms with Crippen LogP contribution in [0.25, 0.3) is 0 Å². The molecule has 2 aromatic carbocycles. The van der Waals surface area contributed by atoms with Crippen LogP contribution in [0.3, 0.4) is 0 Å². The van der Waals surface area contributed by atoms with Crippen LogP contribution in [0.5, 0.6) is 5.75 Å². The van der Waals surface area contributed by atoms with Gasteiger partial charge in [-0.2, -0.15) is 0 Å². The number of sulfonamides is 1. The Hall–Kier alpha value is -3.07. The van der Waals surface area contributed by atoms with Crippen LogP contribution in [0.1, 0.15) is 18.1 Å². The third-order valence-corrected chi connectivity index (χ3v) is 6.05. The summed E-state index contributed by atoms with van der Waals surface area (Å²) in [6.07, 6.45) is 1.03. The summed E-state index contributed by atoms with van der Waals surface area (Å²) >= 11 is 0. The number of benzene rings is 2. The molecule has 0 bridgehead atoms. The van der Waals surface area contributed by atoms with Gasteiger partial charge in [0.15, 0.2) is 0 Å². The van der Waals surface area contributed by atoms with Crippen LogP contribution in [0.2, 0.25) is 0 Å². The van der Waals surface area contributed by atoms with Gasteiger partial charge in [0.05, 0.1) is 19.1 Å². The van der Waals surface area contributed by atoms with Gasteiger partial charge < -0.3 is 15.0 Å². The number of methoxy groups -OCH3 is 1. The van der Waals surface area contributed by atoms with E-state index in [0.717, 1.165) is 21.7 Å². The Kier molecular flexibility index (Phi) is 8.04. The first-order chi connectivity index (χ1) is 14.6. The Morgan fingerprint density at radius 2 is 1.71 bits per heavy atom. The molecule has 0 spiro atoms. The highest BCUT2D eigenvalue weighted by Gasteiger charge is 2.30. The van der Waals surface area contributed by atoms with E-state index < -0.39 is 28.5 Å². The van der Waals surface area contributed by atoms with Crippen LogP contribution in [-0.4, -0.2) is 58.1 Å². The molecule has 0 aliphatic carbocycles. The second kappa shape index (κ2) is 10.3. The summed E-state index contributed by atoms with van der Waals surface area (Å²) in [5, 5.41) is 2.54. The van der Waals surface area contributed by atoms with Crippen molar-refractivity contribution in [3.63, 3.8) is 0 Å². The number of para-hydroxylation sites is 2. The van der Waals surface area contributed by atoms with Crippen LogP contribution in [0.4, 0.5) is 5.69 Å². The molecular weight excluding hydrogens is 418 g/mol. The van der Waals surface area contributed by atoms with Gasteiger partial charge in [-0.15, -0.1) is 0 Å². The summed E-state index contributed by atoms with van der Waals surface area (Å²) in [6.45, 7) is 3.26. The van der Waals surface area contributed by atoms with E-state index >= 15 is 0 Å². The van der Waals surface area contributed by atoms with Gasteiger partial charge in [-0.1, -0.05) is 42.0 Å². The van der Waals surface area contributed by atoms with E-state index in [1.807, 2.05) is 31.2 Å². The van der Waals surface area contributed by atoms with E-state index in [0.29, 0.717) is 5.75 Å². The standard InChI is InChI=1S/C22H29N3O5S/c1-16-10-12-18(13-11-16)14-24(17(2)22(27)23-3)21(26)15-25(31(5,28)29)19-8-6-7-9-20(19)30-4/h6-13,17H,14-15H2,1-5H3,(H,23,27)/t17-/m1/s1. The fourth-order valence-electron chi connectivity index (χ4n) is 3.11. The highest BCUT2D eigenvalue weighted by molar-refractivity contribution is 7.92. The van der Waals surface area contributed by atoms with Crippen molar-refractivity contribution < 1.29 is 22.7 Å². The van der Waals surface area contributed by atoms with Gasteiger partial charge in [-0.3, -0.25) is 13.9 Å². The minimum absolute atomic E-state index is 0.164. The number of likely N-dealkylation sites (N-methyl/N-ethyl adjacent to an activating group) is 1. The monoisotopic (exact) mass is 447 g/mol. The zero-order valence-electron chi connectivity index (χ0n) is 18.5. The van der Waals surface area contributed by atoms with Crippen molar-refractivity contribution in [3.8, 4) is 5.75 Å². The number of carbonyl (C=O) groups is 2. The first-order valence-corrected chi connectivity index (χ1v) is 11.6. The van der Waals surface area contributed by atoms with Crippen LogP contribution >= 0.6 is 0 Å². The van der Waals surface area contributed by atoms with E-state index in [1.165, 1.54) is 19.1 Å². The maximum Gasteiger partial charge on any atom is 0.244 e. The van der Waals surface area contributed by atoms with Crippen molar-refractivity contribution in [3.05, 3.63) is 59.7 Å². The van der Waals surface area contributed by atoms with Crippen LogP contribution in [0, 0.1) is 6.92 Å². The molecular formula is C22H29N3O5S. The molecule has 2 aromatic rings. The van der Waals surface area contributed by atoms with Gasteiger partial charge in [0.25, 0.3) is 0 Å². The number of nitrogens with zero attached hydrogens (tertiary/aromatic N) is 2. The third kappa shape index (κ3) is 6.21. The Bertz CT molecular complexity index is 1020. The molecule has 9 heteroatoms. The van der Waals surface area contributed by atoms with E-state index in [2.05, 4.69) is 5.32 Å². The molecule has 31 heavy (non-hydrogen) atoms. The van der Waals surface area contributed by atoms with Crippen molar-refractivity contribution in [1.82, 2.24) is 10.2 Å². The number of anilines is 1. The number of carbonyl (C=O) groups excluding carboxylic acids is 2. The summed E-state index contributed by atoms with van der Waals surface area (Å²) in [5.74, 6) is -0.526. The molecule has 0 aliphatic heterocycles. The summed E-state index contributed by atoms with van der Waals surface area (Å²) in [6, 6.07) is 13.4. The number of hydrogen-bond acceptors (Lipinski definition) is 5. The third-order valence-electron chi connectivity index (χ3n) is 4.92. The number of nitrogens with one attached hydrogen (secondary N) is 1. The minimum Gasteiger partial charge on any atom is -0.495 e. The molecule has 0 fully saturated rings. The number of aryl methyl sites for hydroxylation is 1. The van der Waals surface area contributed by atoms with Gasteiger partial charge in [0, 0.05) is 13.6 Å². The van der Waals surface area contributed by atoms with Crippen LogP contribution in [-0.2, 0) is 26.2 Å². The highest BCUT2D eigenvalue weighted by atomic mass is 32.2.